The van der Waals surface area contributed by atoms with Crippen molar-refractivity contribution in [3.8, 4) is 0 Å². The molecule has 0 heterocycles. The van der Waals surface area contributed by atoms with Gasteiger partial charge in [-0.2, -0.15) is 0 Å². The topological polar surface area (TPSA) is 34.1 Å². The van der Waals surface area contributed by atoms with Crippen LogP contribution in [0.3, 0.4) is 0 Å². The van der Waals surface area contributed by atoms with Gasteiger partial charge in [-0.15, -0.1) is 0 Å². The van der Waals surface area contributed by atoms with Crippen molar-refractivity contribution in [3.05, 3.63) is 0 Å². The molecule has 0 rings (SSSR count). The second-order valence-corrected chi connectivity index (χ2v) is 0.344. The average Bonchev–Trinajstić information content (AvgIpc) is 0.918. The van der Waals surface area contributed by atoms with Crippen LogP contribution in [0.25, 0.3) is 0 Å². The molecular weight excluding hydrogens is 114 g/mol. The molecule has 0 spiro atoms. The van der Waals surface area contributed by atoms with Crippen LogP contribution in [-0.4, -0.2) is 17.4 Å². The van der Waals surface area contributed by atoms with Crippen LogP contribution in [0, 0.1) is 0 Å². The van der Waals surface area contributed by atoms with Crippen LogP contribution < -0.4 is 18.9 Å². The fraction of sp³-hybridized carbons (Fsp3) is 0. The van der Waals surface area contributed by atoms with Gasteiger partial charge in [0, 0.05) is 0 Å². The Morgan fingerprint density at radius 1 is 1.40 bits per heavy atom. The van der Waals surface area contributed by atoms with Crippen molar-refractivity contribution in [1.29, 1.82) is 0 Å². The Bertz CT molecular complexity index is 34.5. The SMILES string of the molecule is [AlH3].[H-].[Li+].[O]=[Ti]=[O]. The van der Waals surface area contributed by atoms with Crippen LogP contribution in [0.4, 0.5) is 0 Å². The first-order valence-electron chi connectivity index (χ1n) is 0.408. The summed E-state index contributed by atoms with van der Waals surface area (Å²) in [6.07, 6.45) is 0. The van der Waals surface area contributed by atoms with Crippen molar-refractivity contribution in [2.45, 2.75) is 0 Å². The minimum absolute atomic E-state index is 0. The van der Waals surface area contributed by atoms with E-state index in [1.807, 2.05) is 0 Å². The Hall–Kier alpha value is 1.44. The second-order valence-electron chi connectivity index (χ2n) is 0.0833. The summed E-state index contributed by atoms with van der Waals surface area (Å²) in [5.74, 6) is 0. The predicted octanol–water partition coefficient (Wildman–Crippen LogP) is -4.31. The molecule has 2 nitrogen and oxygen atoms in total. The van der Waals surface area contributed by atoms with Crippen LogP contribution in [0.15, 0.2) is 0 Å². The molecule has 5 heavy (non-hydrogen) atoms. The molecule has 0 aliphatic rings. The molecule has 0 aromatic heterocycles. The van der Waals surface area contributed by atoms with E-state index < -0.39 is 19.1 Å². The zero-order valence-electron chi connectivity index (χ0n) is 3.32. The summed E-state index contributed by atoms with van der Waals surface area (Å²) in [5.41, 5.74) is 0. The molecule has 0 atom stereocenters. The van der Waals surface area contributed by atoms with E-state index in [0.717, 1.165) is 0 Å². The number of rotatable bonds is 0. The summed E-state index contributed by atoms with van der Waals surface area (Å²) in [5, 5.41) is 0. The van der Waals surface area contributed by atoms with Crippen molar-refractivity contribution < 1.29 is 46.0 Å². The monoisotopic (exact) mass is 118 g/mol. The van der Waals surface area contributed by atoms with Crippen molar-refractivity contribution in [2.24, 2.45) is 0 Å². The second kappa shape index (κ2) is 18.0. The third-order valence-corrected chi connectivity index (χ3v) is 0. The van der Waals surface area contributed by atoms with E-state index in [2.05, 4.69) is 0 Å². The van der Waals surface area contributed by atoms with Crippen molar-refractivity contribution in [1.82, 2.24) is 0 Å². The van der Waals surface area contributed by atoms with E-state index in [1.165, 1.54) is 0 Å². The van der Waals surface area contributed by atoms with E-state index in [-0.39, 0.29) is 37.6 Å². The molecular formula is H4AlLiO2Ti. The van der Waals surface area contributed by atoms with Gasteiger partial charge in [0.05, 0.1) is 0 Å². The Morgan fingerprint density at radius 3 is 1.40 bits per heavy atom. The molecule has 0 aliphatic carbocycles. The van der Waals surface area contributed by atoms with Gasteiger partial charge in [-0.1, -0.05) is 0 Å². The Morgan fingerprint density at radius 2 is 1.40 bits per heavy atom. The minimum atomic E-state index is -2.00. The first kappa shape index (κ1) is 16.1. The van der Waals surface area contributed by atoms with Gasteiger partial charge >= 0.3 is 44.6 Å². The summed E-state index contributed by atoms with van der Waals surface area (Å²) in [6.45, 7) is 0. The molecule has 0 aromatic carbocycles. The fourth-order valence-corrected chi connectivity index (χ4v) is 0. The third-order valence-electron chi connectivity index (χ3n) is 0. The van der Waals surface area contributed by atoms with Crippen LogP contribution in [0.5, 0.6) is 0 Å². The first-order chi connectivity index (χ1) is 1.41. The molecule has 24 valence electrons. The molecule has 0 saturated heterocycles. The normalized spacial score (nSPS) is 1.60. The van der Waals surface area contributed by atoms with Crippen molar-refractivity contribution in [2.75, 3.05) is 0 Å². The van der Waals surface area contributed by atoms with Gasteiger partial charge in [0.15, 0.2) is 17.4 Å². The van der Waals surface area contributed by atoms with Gasteiger partial charge < -0.3 is 1.43 Å². The Balaban J connectivity index is -0.00000000667. The van der Waals surface area contributed by atoms with Gasteiger partial charge in [0.2, 0.25) is 0 Å². The van der Waals surface area contributed by atoms with Crippen LogP contribution in [0.1, 0.15) is 1.43 Å². The fourth-order valence-electron chi connectivity index (χ4n) is 0. The Labute approximate surface area is 63.1 Å². The summed E-state index contributed by atoms with van der Waals surface area (Å²) < 4.78 is 17.0. The van der Waals surface area contributed by atoms with Gasteiger partial charge in [-0.05, 0) is 0 Å². The maximum atomic E-state index is 8.50. The zero-order chi connectivity index (χ0) is 2.71. The van der Waals surface area contributed by atoms with Gasteiger partial charge in [-0.3, -0.25) is 0 Å². The molecule has 0 fully saturated rings. The first-order valence-corrected chi connectivity index (χ1v) is 1.68. The number of hydrogen-bond acceptors (Lipinski definition) is 2. The summed E-state index contributed by atoms with van der Waals surface area (Å²) in [6, 6.07) is 0. The van der Waals surface area contributed by atoms with Gasteiger partial charge in [0.25, 0.3) is 0 Å². The summed E-state index contributed by atoms with van der Waals surface area (Å²) in [7, 11) is 0. The van der Waals surface area contributed by atoms with E-state index in [1.54, 1.807) is 0 Å². The molecule has 0 saturated carbocycles. The molecule has 0 bridgehead atoms. The van der Waals surface area contributed by atoms with E-state index >= 15 is 0 Å². The van der Waals surface area contributed by atoms with Gasteiger partial charge in [0.1, 0.15) is 0 Å². The van der Waals surface area contributed by atoms with Crippen molar-refractivity contribution in [3.63, 3.8) is 0 Å². The maximum absolute atomic E-state index is 8.50. The average molecular weight is 118 g/mol. The van der Waals surface area contributed by atoms with E-state index in [9.17, 15) is 0 Å². The van der Waals surface area contributed by atoms with Gasteiger partial charge in [-0.25, -0.2) is 0 Å². The molecule has 0 N–H and O–H groups in total. The third kappa shape index (κ3) is 31.0. The van der Waals surface area contributed by atoms with E-state index in [0.29, 0.717) is 0 Å². The van der Waals surface area contributed by atoms with E-state index in [4.69, 9.17) is 6.65 Å². The zero-order valence-corrected chi connectivity index (χ0v) is 3.88. The standard InChI is InChI=1S/Al.Li.2O.Ti.4H/q;+1;;;;;;;-1. The molecule has 0 amide bonds. The predicted molar refractivity (Wildman–Crippen MR) is 12.4 cm³/mol. The Kier molecular flexibility index (Phi) is 58.0. The van der Waals surface area contributed by atoms with Crippen LogP contribution >= 0.6 is 0 Å². The quantitative estimate of drug-likeness (QED) is 0.301. The molecule has 0 unspecified atom stereocenters. The molecule has 0 radical (unpaired) electrons. The van der Waals surface area contributed by atoms with Crippen LogP contribution in [0.2, 0.25) is 0 Å². The molecule has 0 aliphatic heterocycles. The summed E-state index contributed by atoms with van der Waals surface area (Å²) in [4.78, 5) is 0. The summed E-state index contributed by atoms with van der Waals surface area (Å²) >= 11 is -2.00. The van der Waals surface area contributed by atoms with Crippen LogP contribution in [-0.2, 0) is 25.7 Å². The van der Waals surface area contributed by atoms with Crippen molar-refractivity contribution >= 4 is 17.4 Å². The number of hydrogen-bond donors (Lipinski definition) is 0. The molecule has 5 heteroatoms. The molecule has 0 aromatic rings.